The average molecular weight is 205 g/mol. The molecule has 2 atom stereocenters. The van der Waals surface area contributed by atoms with Crippen LogP contribution in [0.4, 0.5) is 13.2 Å². The van der Waals surface area contributed by atoms with Crippen molar-refractivity contribution in [2.75, 3.05) is 0 Å². The van der Waals surface area contributed by atoms with E-state index in [1.807, 2.05) is 0 Å². The molecule has 0 bridgehead atoms. The molecule has 0 aliphatic rings. The Hall–Kier alpha value is -1.07. The van der Waals surface area contributed by atoms with Crippen LogP contribution in [0.5, 0.6) is 0 Å². The fourth-order valence-electron chi connectivity index (χ4n) is 1.10. The smallest absolute Gasteiger partial charge is 0.134 e. The fourth-order valence-corrected chi connectivity index (χ4v) is 1.10. The van der Waals surface area contributed by atoms with E-state index in [2.05, 4.69) is 0 Å². The van der Waals surface area contributed by atoms with Gasteiger partial charge < -0.3 is 10.8 Å². The van der Waals surface area contributed by atoms with Crippen LogP contribution in [0.1, 0.15) is 18.6 Å². The van der Waals surface area contributed by atoms with Crippen molar-refractivity contribution < 1.29 is 18.3 Å². The highest BCUT2D eigenvalue weighted by Crippen LogP contribution is 2.23. The minimum atomic E-state index is -1.48. The Labute approximate surface area is 79.2 Å². The van der Waals surface area contributed by atoms with Crippen LogP contribution < -0.4 is 5.73 Å². The minimum absolute atomic E-state index is 0.504. The highest BCUT2D eigenvalue weighted by atomic mass is 19.1. The summed E-state index contributed by atoms with van der Waals surface area (Å²) in [5.41, 5.74) is 4.67. The maximum Gasteiger partial charge on any atom is 0.134 e. The van der Waals surface area contributed by atoms with E-state index < -0.39 is 35.2 Å². The lowest BCUT2D eigenvalue weighted by molar-refractivity contribution is 0.144. The van der Waals surface area contributed by atoms with Crippen molar-refractivity contribution in [1.82, 2.24) is 0 Å². The first kappa shape index (κ1) is 11.0. The fraction of sp³-hybridized carbons (Fsp3) is 0.333. The molecule has 1 aromatic carbocycles. The number of halogens is 3. The van der Waals surface area contributed by atoms with Gasteiger partial charge >= 0.3 is 0 Å². The topological polar surface area (TPSA) is 46.2 Å². The third kappa shape index (κ3) is 2.05. The quantitative estimate of drug-likeness (QED) is 0.768. The van der Waals surface area contributed by atoms with E-state index in [0.29, 0.717) is 12.1 Å². The minimum Gasteiger partial charge on any atom is -0.387 e. The van der Waals surface area contributed by atoms with Gasteiger partial charge in [-0.05, 0) is 6.92 Å². The van der Waals surface area contributed by atoms with Crippen LogP contribution in [-0.2, 0) is 0 Å². The van der Waals surface area contributed by atoms with Crippen molar-refractivity contribution in [2.24, 2.45) is 5.73 Å². The lowest BCUT2D eigenvalue weighted by Crippen LogP contribution is -2.26. The second-order valence-corrected chi connectivity index (χ2v) is 3.09. The highest BCUT2D eigenvalue weighted by molar-refractivity contribution is 5.24. The second kappa shape index (κ2) is 3.98. The molecule has 0 aliphatic carbocycles. The summed E-state index contributed by atoms with van der Waals surface area (Å²) in [7, 11) is 0. The Bertz CT molecular complexity index is 318. The van der Waals surface area contributed by atoms with Gasteiger partial charge in [0.05, 0.1) is 11.7 Å². The standard InChI is InChI=1S/C9H10F3NO/c1-4(13)9(14)8-6(11)2-5(10)3-7(8)12/h2-4,9,14H,13H2,1H3/t4-,9-/m0/s1. The summed E-state index contributed by atoms with van der Waals surface area (Å²) in [6.45, 7) is 1.40. The monoisotopic (exact) mass is 205 g/mol. The highest BCUT2D eigenvalue weighted by Gasteiger charge is 2.22. The molecule has 0 saturated heterocycles. The van der Waals surface area contributed by atoms with Crippen LogP contribution >= 0.6 is 0 Å². The lowest BCUT2D eigenvalue weighted by atomic mass is 10.0. The van der Waals surface area contributed by atoms with Gasteiger partial charge in [-0.1, -0.05) is 0 Å². The molecule has 0 aliphatic heterocycles. The number of aliphatic hydroxyl groups is 1. The van der Waals surface area contributed by atoms with Crippen molar-refractivity contribution in [3.63, 3.8) is 0 Å². The summed E-state index contributed by atoms with van der Waals surface area (Å²) in [6, 6.07) is 0.179. The van der Waals surface area contributed by atoms with E-state index in [0.717, 1.165) is 0 Å². The van der Waals surface area contributed by atoms with E-state index >= 15 is 0 Å². The van der Waals surface area contributed by atoms with Crippen molar-refractivity contribution in [2.45, 2.75) is 19.1 Å². The summed E-state index contributed by atoms with van der Waals surface area (Å²) >= 11 is 0. The molecule has 0 aromatic heterocycles. The number of benzene rings is 1. The molecule has 1 aromatic rings. The van der Waals surface area contributed by atoms with Gasteiger partial charge in [0.15, 0.2) is 0 Å². The van der Waals surface area contributed by atoms with E-state index in [4.69, 9.17) is 5.73 Å². The Morgan fingerprint density at radius 3 is 2.00 bits per heavy atom. The van der Waals surface area contributed by atoms with Gasteiger partial charge in [-0.15, -0.1) is 0 Å². The van der Waals surface area contributed by atoms with E-state index in [9.17, 15) is 18.3 Å². The Morgan fingerprint density at radius 1 is 1.21 bits per heavy atom. The number of rotatable bonds is 2. The van der Waals surface area contributed by atoms with Gasteiger partial charge in [-0.3, -0.25) is 0 Å². The molecular weight excluding hydrogens is 195 g/mol. The molecule has 0 spiro atoms. The Balaban J connectivity index is 3.20. The third-order valence-electron chi connectivity index (χ3n) is 1.84. The molecule has 5 heteroatoms. The number of nitrogens with two attached hydrogens (primary N) is 1. The van der Waals surface area contributed by atoms with Crippen molar-refractivity contribution in [3.05, 3.63) is 35.1 Å². The second-order valence-electron chi connectivity index (χ2n) is 3.09. The molecule has 1 rings (SSSR count). The van der Waals surface area contributed by atoms with Crippen molar-refractivity contribution in [3.8, 4) is 0 Å². The molecule has 0 saturated carbocycles. The predicted octanol–water partition coefficient (Wildman–Crippen LogP) is 1.48. The van der Waals surface area contributed by atoms with Crippen LogP contribution in [0.15, 0.2) is 12.1 Å². The van der Waals surface area contributed by atoms with Gasteiger partial charge in [0.1, 0.15) is 17.5 Å². The molecule has 14 heavy (non-hydrogen) atoms. The van der Waals surface area contributed by atoms with Crippen molar-refractivity contribution >= 4 is 0 Å². The van der Waals surface area contributed by atoms with Gasteiger partial charge in [0, 0.05) is 18.2 Å². The molecule has 78 valence electrons. The largest absolute Gasteiger partial charge is 0.387 e. The van der Waals surface area contributed by atoms with Gasteiger partial charge in [-0.25, -0.2) is 13.2 Å². The zero-order chi connectivity index (χ0) is 10.9. The molecule has 0 radical (unpaired) electrons. The van der Waals surface area contributed by atoms with Crippen LogP contribution in [0, 0.1) is 17.5 Å². The van der Waals surface area contributed by atoms with E-state index in [-0.39, 0.29) is 0 Å². The molecule has 0 unspecified atom stereocenters. The number of hydrogen-bond donors (Lipinski definition) is 2. The Kier molecular flexibility index (Phi) is 3.13. The zero-order valence-corrected chi connectivity index (χ0v) is 7.47. The van der Waals surface area contributed by atoms with Crippen LogP contribution in [0.25, 0.3) is 0 Å². The number of aliphatic hydroxyl groups excluding tert-OH is 1. The summed E-state index contributed by atoms with van der Waals surface area (Å²) < 4.78 is 38.5. The SMILES string of the molecule is C[C@H](N)[C@H](O)c1c(F)cc(F)cc1F. The third-order valence-corrected chi connectivity index (χ3v) is 1.84. The molecule has 3 N–H and O–H groups in total. The van der Waals surface area contributed by atoms with E-state index in [1.165, 1.54) is 6.92 Å². The predicted molar refractivity (Wildman–Crippen MR) is 44.9 cm³/mol. The summed E-state index contributed by atoms with van der Waals surface area (Å²) in [4.78, 5) is 0. The zero-order valence-electron chi connectivity index (χ0n) is 7.47. The van der Waals surface area contributed by atoms with E-state index in [1.54, 1.807) is 0 Å². The first-order valence-electron chi connectivity index (χ1n) is 4.01. The molecule has 0 heterocycles. The van der Waals surface area contributed by atoms with Gasteiger partial charge in [0.25, 0.3) is 0 Å². The lowest BCUT2D eigenvalue weighted by Gasteiger charge is -2.16. The van der Waals surface area contributed by atoms with Gasteiger partial charge in [0.2, 0.25) is 0 Å². The maximum atomic E-state index is 13.0. The maximum absolute atomic E-state index is 13.0. The first-order chi connectivity index (χ1) is 6.43. The average Bonchev–Trinajstić information content (AvgIpc) is 2.01. The molecule has 0 amide bonds. The molecular formula is C9H10F3NO. The molecule has 0 fully saturated rings. The number of hydrogen-bond acceptors (Lipinski definition) is 2. The Morgan fingerprint density at radius 2 is 1.64 bits per heavy atom. The van der Waals surface area contributed by atoms with Crippen molar-refractivity contribution in [1.29, 1.82) is 0 Å². The molecule has 2 nitrogen and oxygen atoms in total. The summed E-state index contributed by atoms with van der Waals surface area (Å²) in [6.07, 6.45) is -1.48. The van der Waals surface area contributed by atoms with Crippen LogP contribution in [0.3, 0.4) is 0 Å². The van der Waals surface area contributed by atoms with Crippen LogP contribution in [-0.4, -0.2) is 11.1 Å². The van der Waals surface area contributed by atoms with Gasteiger partial charge in [-0.2, -0.15) is 0 Å². The summed E-state index contributed by atoms with van der Waals surface area (Å²) in [5, 5.41) is 9.32. The normalized spacial score (nSPS) is 15.3. The summed E-state index contributed by atoms with van der Waals surface area (Å²) in [5.74, 6) is -3.29. The first-order valence-corrected chi connectivity index (χ1v) is 4.01. The van der Waals surface area contributed by atoms with Crippen LogP contribution in [0.2, 0.25) is 0 Å².